The number of hydrogen-bond acceptors (Lipinski definition) is 7. The predicted molar refractivity (Wildman–Crippen MR) is 240 cm³/mol. The first-order chi connectivity index (χ1) is 28.1. The Balaban J connectivity index is 4.29. The van der Waals surface area contributed by atoms with Crippen LogP contribution in [0.2, 0.25) is 0 Å². The molecule has 0 aromatic heterocycles. The molecule has 0 heterocycles. The number of carboxylic acids is 1. The van der Waals surface area contributed by atoms with Crippen LogP contribution in [0, 0.1) is 0 Å². The van der Waals surface area contributed by atoms with Crippen molar-refractivity contribution in [2.75, 3.05) is 41.0 Å². The van der Waals surface area contributed by atoms with E-state index in [2.05, 4.69) is 50.3 Å². The van der Waals surface area contributed by atoms with Gasteiger partial charge in [-0.1, -0.05) is 166 Å². The molecule has 0 aromatic rings. The van der Waals surface area contributed by atoms with Crippen molar-refractivity contribution in [2.45, 2.75) is 225 Å². The highest BCUT2D eigenvalue weighted by molar-refractivity contribution is 5.70. The minimum absolute atomic E-state index is 0.0361. The number of esters is 2. The summed E-state index contributed by atoms with van der Waals surface area (Å²) >= 11 is 0. The fraction of sp³-hybridized carbons (Fsp3) is 0.820. The first-order valence-corrected chi connectivity index (χ1v) is 24.0. The van der Waals surface area contributed by atoms with Gasteiger partial charge in [-0.3, -0.25) is 9.59 Å². The molecule has 0 radical (unpaired) electrons. The molecular weight excluding hydrogens is 727 g/mol. The highest BCUT2D eigenvalue weighted by Gasteiger charge is 2.25. The second kappa shape index (κ2) is 41.3. The molecule has 0 saturated carbocycles. The zero-order valence-electron chi connectivity index (χ0n) is 38.5. The van der Waals surface area contributed by atoms with Crippen LogP contribution in [0.25, 0.3) is 0 Å². The summed E-state index contributed by atoms with van der Waals surface area (Å²) in [7, 11) is 5.41. The first-order valence-electron chi connectivity index (χ1n) is 24.0. The molecule has 0 aromatic carbocycles. The molecule has 0 spiro atoms. The van der Waals surface area contributed by atoms with Gasteiger partial charge in [-0.2, -0.15) is 0 Å². The number of allylic oxidation sites excluding steroid dienone is 6. The lowest BCUT2D eigenvalue weighted by molar-refractivity contribution is -0.889. The minimum atomic E-state index is -1.13. The molecule has 0 aliphatic heterocycles. The molecule has 0 N–H and O–H groups in total. The third kappa shape index (κ3) is 39.0. The van der Waals surface area contributed by atoms with E-state index in [-0.39, 0.29) is 42.7 Å². The van der Waals surface area contributed by atoms with Crippen LogP contribution in [0.4, 0.5) is 0 Å². The molecule has 0 saturated heterocycles. The van der Waals surface area contributed by atoms with Crippen molar-refractivity contribution in [3.05, 3.63) is 36.5 Å². The van der Waals surface area contributed by atoms with Gasteiger partial charge >= 0.3 is 11.9 Å². The summed E-state index contributed by atoms with van der Waals surface area (Å²) in [5.74, 6) is -1.75. The van der Waals surface area contributed by atoms with E-state index >= 15 is 0 Å². The Labute approximate surface area is 357 Å². The number of likely N-dealkylation sites (N-methyl/N-ethyl adjacent to an activating group) is 1. The molecule has 2 unspecified atom stereocenters. The van der Waals surface area contributed by atoms with Gasteiger partial charge in [0.15, 0.2) is 6.10 Å². The standard InChI is InChI=1S/C50H91NO7/c1-6-8-10-12-14-16-18-20-22-23-24-25-26-27-29-31-33-35-37-39-41-49(53)58-46(44-56-43-42-47(50(54)55)51(3,4)5)45-57-48(52)40-38-36-34-32-30-28-21-19-17-15-13-11-9-7-2/h16,18,20,22,28,30,46-47H,6-15,17,19,21,23-27,29,31-45H2,1-5H3/b18-16+,22-20+,30-28+. The van der Waals surface area contributed by atoms with E-state index in [1.807, 2.05) is 0 Å². The lowest BCUT2D eigenvalue weighted by Gasteiger charge is -2.34. The number of nitrogens with zero attached hydrogens (tertiary/aromatic N) is 1. The summed E-state index contributed by atoms with van der Waals surface area (Å²) in [5, 5.41) is 11.6. The zero-order chi connectivity index (χ0) is 42.8. The molecule has 0 bridgehead atoms. The molecule has 0 aliphatic rings. The topological polar surface area (TPSA) is 102 Å². The van der Waals surface area contributed by atoms with Gasteiger partial charge in [0.2, 0.25) is 0 Å². The number of ether oxygens (including phenoxy) is 3. The van der Waals surface area contributed by atoms with E-state index in [1.165, 1.54) is 128 Å². The fourth-order valence-electron chi connectivity index (χ4n) is 7.00. The number of carbonyl (C=O) groups is 3. The summed E-state index contributed by atoms with van der Waals surface area (Å²) in [5.41, 5.74) is 0. The molecular formula is C50H91NO7. The number of aliphatic carboxylic acids is 1. The summed E-state index contributed by atoms with van der Waals surface area (Å²) in [6.07, 6.45) is 47.4. The molecule has 2 atom stereocenters. The minimum Gasteiger partial charge on any atom is -0.544 e. The summed E-state index contributed by atoms with van der Waals surface area (Å²) in [6.45, 7) is 4.63. The molecule has 8 heteroatoms. The van der Waals surface area contributed by atoms with Crippen LogP contribution in [0.3, 0.4) is 0 Å². The number of hydrogen-bond donors (Lipinski definition) is 0. The number of quaternary nitrogens is 1. The monoisotopic (exact) mass is 818 g/mol. The van der Waals surface area contributed by atoms with Gasteiger partial charge in [-0.25, -0.2) is 0 Å². The van der Waals surface area contributed by atoms with Gasteiger partial charge in [0.05, 0.1) is 40.3 Å². The maximum Gasteiger partial charge on any atom is 0.306 e. The average molecular weight is 818 g/mol. The average Bonchev–Trinajstić information content (AvgIpc) is 3.18. The van der Waals surface area contributed by atoms with Crippen molar-refractivity contribution < 1.29 is 38.2 Å². The second-order valence-electron chi connectivity index (χ2n) is 17.4. The highest BCUT2D eigenvalue weighted by Crippen LogP contribution is 2.15. The number of carbonyl (C=O) groups excluding carboxylic acids is 3. The Morgan fingerprint density at radius 3 is 1.38 bits per heavy atom. The van der Waals surface area contributed by atoms with E-state index < -0.39 is 18.1 Å². The first kappa shape index (κ1) is 55.5. The molecule has 0 aliphatic carbocycles. The van der Waals surface area contributed by atoms with Gasteiger partial charge < -0.3 is 28.6 Å². The Morgan fingerprint density at radius 1 is 0.517 bits per heavy atom. The van der Waals surface area contributed by atoms with Crippen molar-refractivity contribution in [2.24, 2.45) is 0 Å². The third-order valence-corrected chi connectivity index (χ3v) is 10.8. The van der Waals surface area contributed by atoms with Crippen LogP contribution in [-0.2, 0) is 28.6 Å². The Morgan fingerprint density at radius 2 is 0.914 bits per heavy atom. The molecule has 338 valence electrons. The van der Waals surface area contributed by atoms with E-state index in [0.717, 1.165) is 51.4 Å². The normalized spacial score (nSPS) is 13.2. The third-order valence-electron chi connectivity index (χ3n) is 10.8. The van der Waals surface area contributed by atoms with Crippen LogP contribution in [0.15, 0.2) is 36.5 Å². The van der Waals surface area contributed by atoms with Gasteiger partial charge in [-0.15, -0.1) is 0 Å². The van der Waals surface area contributed by atoms with E-state index in [9.17, 15) is 19.5 Å². The molecule has 58 heavy (non-hydrogen) atoms. The van der Waals surface area contributed by atoms with Gasteiger partial charge in [0, 0.05) is 19.3 Å². The maximum absolute atomic E-state index is 12.8. The van der Waals surface area contributed by atoms with Gasteiger partial charge in [0.1, 0.15) is 12.6 Å². The van der Waals surface area contributed by atoms with Crippen LogP contribution in [0.1, 0.15) is 213 Å². The van der Waals surface area contributed by atoms with E-state index in [4.69, 9.17) is 14.2 Å². The summed E-state index contributed by atoms with van der Waals surface area (Å²) in [6, 6.07) is -0.727. The summed E-state index contributed by atoms with van der Waals surface area (Å²) < 4.78 is 17.2. The summed E-state index contributed by atoms with van der Waals surface area (Å²) in [4.78, 5) is 36.9. The van der Waals surface area contributed by atoms with Gasteiger partial charge in [0.25, 0.3) is 0 Å². The predicted octanol–water partition coefficient (Wildman–Crippen LogP) is 12.1. The molecule has 0 rings (SSSR count). The lowest BCUT2D eigenvalue weighted by Crippen LogP contribution is -2.55. The number of rotatable bonds is 43. The van der Waals surface area contributed by atoms with Crippen LogP contribution in [-0.4, -0.2) is 75.5 Å². The Bertz CT molecular complexity index is 1050. The molecule has 0 amide bonds. The smallest absolute Gasteiger partial charge is 0.306 e. The largest absolute Gasteiger partial charge is 0.544 e. The maximum atomic E-state index is 12.8. The molecule has 8 nitrogen and oxygen atoms in total. The van der Waals surface area contributed by atoms with Crippen molar-refractivity contribution in [3.8, 4) is 0 Å². The lowest BCUT2D eigenvalue weighted by atomic mass is 10.1. The van der Waals surface area contributed by atoms with E-state index in [1.54, 1.807) is 21.1 Å². The molecule has 0 fully saturated rings. The zero-order valence-corrected chi connectivity index (χ0v) is 38.5. The van der Waals surface area contributed by atoms with E-state index in [0.29, 0.717) is 12.8 Å². The number of unbranched alkanes of at least 4 members (excludes halogenated alkanes) is 24. The van der Waals surface area contributed by atoms with Crippen molar-refractivity contribution in [1.29, 1.82) is 0 Å². The van der Waals surface area contributed by atoms with Crippen molar-refractivity contribution >= 4 is 17.9 Å². The number of carboxylic acid groups (broad SMARTS) is 1. The highest BCUT2D eigenvalue weighted by atomic mass is 16.6. The van der Waals surface area contributed by atoms with Crippen LogP contribution >= 0.6 is 0 Å². The van der Waals surface area contributed by atoms with Crippen LogP contribution < -0.4 is 5.11 Å². The fourth-order valence-corrected chi connectivity index (χ4v) is 7.00. The SMILES string of the molecule is CCCCCC/C=C/C=C/CCCCCCCCCCCCC(=O)OC(COCCC(C(=O)[O-])[N+](C)(C)C)COC(=O)CCCCC/C=C/CCCCCCCCC. The van der Waals surface area contributed by atoms with Crippen molar-refractivity contribution in [3.63, 3.8) is 0 Å². The van der Waals surface area contributed by atoms with Crippen molar-refractivity contribution in [1.82, 2.24) is 0 Å². The second-order valence-corrected chi connectivity index (χ2v) is 17.4. The Hall–Kier alpha value is -2.45. The Kier molecular flexibility index (Phi) is 39.5. The quantitative estimate of drug-likeness (QED) is 0.0198. The van der Waals surface area contributed by atoms with Crippen LogP contribution in [0.5, 0.6) is 0 Å². The van der Waals surface area contributed by atoms with Gasteiger partial charge in [-0.05, 0) is 64.2 Å².